The Morgan fingerprint density at radius 2 is 1.83 bits per heavy atom. The smallest absolute Gasteiger partial charge is 0.219 e. The zero-order chi connectivity index (χ0) is 9.30. The molecule has 66 valence electrons. The first-order chi connectivity index (χ1) is 5.54. The standard InChI is InChI=1S/C8H8F3N/c1-4(2)6-7(10)5(9)3-12-8(6)11/h3-4H,1-2H3. The van der Waals surface area contributed by atoms with E-state index in [0.29, 0.717) is 6.20 Å². The van der Waals surface area contributed by atoms with Crippen LogP contribution in [0.5, 0.6) is 0 Å². The molecule has 0 N–H and O–H groups in total. The van der Waals surface area contributed by atoms with E-state index in [-0.39, 0.29) is 5.56 Å². The monoisotopic (exact) mass is 175 g/mol. The molecule has 0 aliphatic heterocycles. The molecule has 0 unspecified atom stereocenters. The van der Waals surface area contributed by atoms with E-state index in [9.17, 15) is 13.2 Å². The topological polar surface area (TPSA) is 12.9 Å². The van der Waals surface area contributed by atoms with E-state index < -0.39 is 23.5 Å². The molecule has 1 heterocycles. The van der Waals surface area contributed by atoms with E-state index in [1.807, 2.05) is 0 Å². The van der Waals surface area contributed by atoms with Crippen LogP contribution in [0.2, 0.25) is 0 Å². The molecule has 1 aromatic heterocycles. The van der Waals surface area contributed by atoms with Gasteiger partial charge in [-0.05, 0) is 5.92 Å². The van der Waals surface area contributed by atoms with Gasteiger partial charge in [-0.25, -0.2) is 13.8 Å². The molecule has 0 aliphatic carbocycles. The Morgan fingerprint density at radius 3 is 2.25 bits per heavy atom. The summed E-state index contributed by atoms with van der Waals surface area (Å²) >= 11 is 0. The van der Waals surface area contributed by atoms with Gasteiger partial charge >= 0.3 is 0 Å². The van der Waals surface area contributed by atoms with Gasteiger partial charge in [0.1, 0.15) is 0 Å². The second kappa shape index (κ2) is 3.13. The lowest BCUT2D eigenvalue weighted by Gasteiger charge is -2.06. The number of hydrogen-bond acceptors (Lipinski definition) is 1. The molecule has 0 fully saturated rings. The molecule has 12 heavy (non-hydrogen) atoms. The van der Waals surface area contributed by atoms with Crippen LogP contribution in [0.15, 0.2) is 6.20 Å². The van der Waals surface area contributed by atoms with Crippen LogP contribution in [0, 0.1) is 17.6 Å². The number of aromatic nitrogens is 1. The Kier molecular flexibility index (Phi) is 2.35. The summed E-state index contributed by atoms with van der Waals surface area (Å²) in [5.41, 5.74) is -0.296. The summed E-state index contributed by atoms with van der Waals surface area (Å²) in [7, 11) is 0. The Hall–Kier alpha value is -1.06. The first-order valence-corrected chi connectivity index (χ1v) is 3.53. The molecule has 4 heteroatoms. The highest BCUT2D eigenvalue weighted by Gasteiger charge is 2.17. The summed E-state index contributed by atoms with van der Waals surface area (Å²) in [6.45, 7) is 3.14. The van der Waals surface area contributed by atoms with Gasteiger partial charge in [-0.3, -0.25) is 0 Å². The van der Waals surface area contributed by atoms with Gasteiger partial charge in [-0.1, -0.05) is 13.8 Å². The summed E-state index contributed by atoms with van der Waals surface area (Å²) in [6.07, 6.45) is 0.538. The number of nitrogens with zero attached hydrogens (tertiary/aromatic N) is 1. The Morgan fingerprint density at radius 1 is 1.25 bits per heavy atom. The van der Waals surface area contributed by atoms with E-state index in [4.69, 9.17) is 0 Å². The van der Waals surface area contributed by atoms with Crippen molar-refractivity contribution in [2.75, 3.05) is 0 Å². The maximum atomic E-state index is 12.9. The van der Waals surface area contributed by atoms with E-state index in [2.05, 4.69) is 4.98 Å². The van der Waals surface area contributed by atoms with Gasteiger partial charge in [0.05, 0.1) is 6.20 Å². The fourth-order valence-corrected chi connectivity index (χ4v) is 0.950. The average Bonchev–Trinajstić information content (AvgIpc) is 1.97. The molecular formula is C8H8F3N. The molecule has 0 amide bonds. The average molecular weight is 175 g/mol. The third kappa shape index (κ3) is 1.42. The highest BCUT2D eigenvalue weighted by Crippen LogP contribution is 2.21. The van der Waals surface area contributed by atoms with E-state index >= 15 is 0 Å². The van der Waals surface area contributed by atoms with Crippen LogP contribution in [0.3, 0.4) is 0 Å². The summed E-state index contributed by atoms with van der Waals surface area (Å²) in [5, 5.41) is 0. The van der Waals surface area contributed by atoms with Crippen molar-refractivity contribution >= 4 is 0 Å². The normalized spacial score (nSPS) is 10.8. The lowest BCUT2D eigenvalue weighted by atomic mass is 10.0. The van der Waals surface area contributed by atoms with Crippen LogP contribution in [-0.2, 0) is 0 Å². The Labute approximate surface area is 68.2 Å². The second-order valence-corrected chi connectivity index (χ2v) is 2.78. The lowest BCUT2D eigenvalue weighted by molar-refractivity contribution is 0.454. The second-order valence-electron chi connectivity index (χ2n) is 2.78. The fourth-order valence-electron chi connectivity index (χ4n) is 0.950. The van der Waals surface area contributed by atoms with Gasteiger partial charge in [-0.15, -0.1) is 0 Å². The molecule has 0 saturated heterocycles. The lowest BCUT2D eigenvalue weighted by Crippen LogP contribution is -2.03. The summed E-state index contributed by atoms with van der Waals surface area (Å²) < 4.78 is 38.1. The molecule has 0 aromatic carbocycles. The molecule has 0 aliphatic rings. The van der Waals surface area contributed by atoms with Crippen LogP contribution in [0.1, 0.15) is 25.3 Å². The van der Waals surface area contributed by atoms with Crippen molar-refractivity contribution in [1.82, 2.24) is 4.98 Å². The number of halogens is 3. The van der Waals surface area contributed by atoms with Gasteiger partial charge in [0.25, 0.3) is 0 Å². The Bertz CT molecular complexity index is 297. The van der Waals surface area contributed by atoms with Gasteiger partial charge in [0.2, 0.25) is 5.95 Å². The third-order valence-electron chi connectivity index (χ3n) is 1.54. The minimum absolute atomic E-state index is 0.296. The molecule has 0 radical (unpaired) electrons. The van der Waals surface area contributed by atoms with Crippen molar-refractivity contribution in [2.45, 2.75) is 19.8 Å². The maximum Gasteiger partial charge on any atom is 0.219 e. The van der Waals surface area contributed by atoms with E-state index in [1.54, 1.807) is 13.8 Å². The van der Waals surface area contributed by atoms with Gasteiger partial charge in [0, 0.05) is 5.56 Å². The van der Waals surface area contributed by atoms with Gasteiger partial charge in [0.15, 0.2) is 11.6 Å². The van der Waals surface area contributed by atoms with Crippen molar-refractivity contribution in [3.8, 4) is 0 Å². The summed E-state index contributed by atoms with van der Waals surface area (Å²) in [4.78, 5) is 3.08. The van der Waals surface area contributed by atoms with Crippen LogP contribution in [0.25, 0.3) is 0 Å². The van der Waals surface area contributed by atoms with Crippen molar-refractivity contribution in [3.05, 3.63) is 29.3 Å². The van der Waals surface area contributed by atoms with Crippen molar-refractivity contribution in [3.63, 3.8) is 0 Å². The van der Waals surface area contributed by atoms with Crippen LogP contribution in [-0.4, -0.2) is 4.98 Å². The van der Waals surface area contributed by atoms with E-state index in [0.717, 1.165) is 0 Å². The predicted molar refractivity (Wildman–Crippen MR) is 38.2 cm³/mol. The summed E-state index contributed by atoms with van der Waals surface area (Å²) in [5.74, 6) is -3.60. The van der Waals surface area contributed by atoms with Gasteiger partial charge in [-0.2, -0.15) is 4.39 Å². The zero-order valence-electron chi connectivity index (χ0n) is 6.74. The molecule has 0 bridgehead atoms. The largest absolute Gasteiger partial charge is 0.225 e. The highest BCUT2D eigenvalue weighted by molar-refractivity contribution is 5.18. The molecule has 1 rings (SSSR count). The Balaban J connectivity index is 3.33. The summed E-state index contributed by atoms with van der Waals surface area (Å²) in [6, 6.07) is 0. The first kappa shape index (κ1) is 9.03. The van der Waals surface area contributed by atoms with Gasteiger partial charge < -0.3 is 0 Å². The fraction of sp³-hybridized carbons (Fsp3) is 0.375. The molecule has 1 aromatic rings. The van der Waals surface area contributed by atoms with Crippen molar-refractivity contribution < 1.29 is 13.2 Å². The number of rotatable bonds is 1. The van der Waals surface area contributed by atoms with E-state index in [1.165, 1.54) is 0 Å². The molecule has 0 saturated carbocycles. The zero-order valence-corrected chi connectivity index (χ0v) is 6.74. The number of hydrogen-bond donors (Lipinski definition) is 0. The maximum absolute atomic E-state index is 12.9. The predicted octanol–water partition coefficient (Wildman–Crippen LogP) is 2.62. The quantitative estimate of drug-likeness (QED) is 0.598. The number of pyridine rings is 1. The molecular weight excluding hydrogens is 167 g/mol. The van der Waals surface area contributed by atoms with Crippen LogP contribution in [0.4, 0.5) is 13.2 Å². The SMILES string of the molecule is CC(C)c1c(F)ncc(F)c1F. The first-order valence-electron chi connectivity index (χ1n) is 3.53. The van der Waals surface area contributed by atoms with Crippen molar-refractivity contribution in [1.29, 1.82) is 0 Å². The minimum atomic E-state index is -1.14. The van der Waals surface area contributed by atoms with Crippen molar-refractivity contribution in [2.24, 2.45) is 0 Å². The molecule has 1 nitrogen and oxygen atoms in total. The molecule has 0 spiro atoms. The highest BCUT2D eigenvalue weighted by atomic mass is 19.2. The third-order valence-corrected chi connectivity index (χ3v) is 1.54. The van der Waals surface area contributed by atoms with Crippen LogP contribution >= 0.6 is 0 Å². The molecule has 0 atom stereocenters. The van der Waals surface area contributed by atoms with Crippen LogP contribution < -0.4 is 0 Å². The minimum Gasteiger partial charge on any atom is -0.225 e.